The van der Waals surface area contributed by atoms with E-state index >= 15 is 0 Å². The van der Waals surface area contributed by atoms with Crippen molar-refractivity contribution in [1.82, 2.24) is 15.3 Å². The topological polar surface area (TPSA) is 524 Å². The average molecular weight is 2050 g/mol. The highest BCUT2D eigenvalue weighted by molar-refractivity contribution is 8.13. The number of benzene rings is 12. The van der Waals surface area contributed by atoms with E-state index in [2.05, 4.69) is 54.1 Å². The molecule has 0 saturated carbocycles. The molecule has 2 heterocycles. The summed E-state index contributed by atoms with van der Waals surface area (Å²) in [5.41, 5.74) is 21.5. The predicted octanol–water partition coefficient (Wildman–Crippen LogP) is 20.3. The zero-order valence-corrected chi connectivity index (χ0v) is 77.6. The van der Waals surface area contributed by atoms with E-state index in [1.165, 1.54) is 78.9 Å². The summed E-state index contributed by atoms with van der Waals surface area (Å²) in [6.07, 6.45) is 6.09. The number of rotatable bonds is 23. The molecule has 0 atom stereocenters. The van der Waals surface area contributed by atoms with E-state index < -0.39 is 77.1 Å². The summed E-state index contributed by atoms with van der Waals surface area (Å²) in [6, 6.07) is 83.7. The Balaban J connectivity index is 0.000000215. The number of hydrogen-bond acceptors (Lipinski definition) is 25. The normalized spacial score (nSPS) is 10.6. The molecule has 13 N–H and O–H groups in total. The average Bonchev–Trinajstić information content (AvgIpc) is 0.830. The van der Waals surface area contributed by atoms with Crippen molar-refractivity contribution in [1.29, 1.82) is 0 Å². The number of anilines is 8. The third-order valence-corrected chi connectivity index (χ3v) is 25.0. The van der Waals surface area contributed by atoms with Gasteiger partial charge in [0.1, 0.15) is 17.6 Å². The van der Waals surface area contributed by atoms with Crippen molar-refractivity contribution in [2.45, 2.75) is 37.6 Å². The van der Waals surface area contributed by atoms with Crippen LogP contribution >= 0.6 is 80.6 Å². The maximum absolute atomic E-state index is 12.5. The van der Waals surface area contributed by atoms with E-state index in [0.29, 0.717) is 78.6 Å². The van der Waals surface area contributed by atoms with Gasteiger partial charge in [0, 0.05) is 89.9 Å². The number of carbonyl (C=O) groups is 3. The number of nitro groups is 2. The Hall–Kier alpha value is -13.8. The molecule has 14 rings (SSSR count). The number of hydrogen-bond donors (Lipinski definition) is 10. The number of nitrogens with zero attached hydrogens (tertiary/aromatic N) is 4. The number of halogens is 7. The number of aromatic nitrogens is 2. The molecular weight excluding hydrogens is 1970 g/mol. The van der Waals surface area contributed by atoms with Crippen molar-refractivity contribution in [3.05, 3.63) is 414 Å². The Labute approximate surface area is 798 Å². The molecule has 133 heavy (non-hydrogen) atoms. The van der Waals surface area contributed by atoms with Gasteiger partial charge in [-0.1, -0.05) is 160 Å². The lowest BCUT2D eigenvalue weighted by Gasteiger charge is -2.11. The molecule has 3 amide bonds. The van der Waals surface area contributed by atoms with Crippen LogP contribution < -0.4 is 56.8 Å². The number of ether oxygens (including phenoxy) is 1. The number of para-hydroxylation sites is 6. The number of nitrogens with two attached hydrogens (primary N) is 3. The van der Waals surface area contributed by atoms with Gasteiger partial charge < -0.3 is 32.6 Å². The molecule has 0 bridgehead atoms. The third kappa shape index (κ3) is 37.2. The summed E-state index contributed by atoms with van der Waals surface area (Å²) in [6.45, 7) is 0.949. The van der Waals surface area contributed by atoms with Crippen LogP contribution in [-0.2, 0) is 71.6 Å². The molecule has 0 aliphatic heterocycles. The van der Waals surface area contributed by atoms with Gasteiger partial charge in [0.2, 0.25) is 0 Å². The van der Waals surface area contributed by atoms with Gasteiger partial charge in [-0.3, -0.25) is 59.3 Å². The molecule has 0 unspecified atom stereocenters. The van der Waals surface area contributed by atoms with Crippen molar-refractivity contribution in [3.63, 3.8) is 0 Å². The van der Waals surface area contributed by atoms with Crippen molar-refractivity contribution in [2.24, 2.45) is 5.73 Å². The van der Waals surface area contributed by atoms with Crippen molar-refractivity contribution in [2.75, 3.05) is 41.0 Å². The number of nitrogen functional groups attached to an aromatic ring is 2. The van der Waals surface area contributed by atoms with Crippen molar-refractivity contribution in [3.8, 4) is 5.75 Å². The monoisotopic (exact) mass is 2040 g/mol. The highest BCUT2D eigenvalue weighted by Gasteiger charge is 2.22. The number of amides is 3. The molecule has 692 valence electrons. The highest BCUT2D eigenvalue weighted by atomic mass is 35.7. The number of nitrogens with one attached hydrogen (secondary N) is 7. The van der Waals surface area contributed by atoms with Gasteiger partial charge >= 0.3 is 18.1 Å². The van der Waals surface area contributed by atoms with Crippen LogP contribution in [0.25, 0.3) is 0 Å². The first kappa shape index (κ1) is 106. The molecule has 0 saturated heterocycles. The Morgan fingerprint density at radius 2 is 0.692 bits per heavy atom. The summed E-state index contributed by atoms with van der Waals surface area (Å²) < 4.78 is 138. The molecule has 14 aromatic rings. The Morgan fingerprint density at radius 3 is 1.02 bits per heavy atom. The van der Waals surface area contributed by atoms with Crippen LogP contribution in [0.15, 0.2) is 377 Å². The van der Waals surface area contributed by atoms with Gasteiger partial charge in [-0.25, -0.2) is 56.5 Å². The fourth-order valence-electron chi connectivity index (χ4n) is 9.79. The first-order valence-corrected chi connectivity index (χ1v) is 47.9. The van der Waals surface area contributed by atoms with E-state index in [-0.39, 0.29) is 52.2 Å². The van der Waals surface area contributed by atoms with E-state index in [9.17, 15) is 76.7 Å². The Morgan fingerprint density at radius 1 is 0.376 bits per heavy atom. The summed E-state index contributed by atoms with van der Waals surface area (Å²) in [7, 11) is -13.9. The molecule has 34 nitrogen and oxygen atoms in total. The number of nitro benzene ring substituents is 2. The minimum Gasteiger partial charge on any atom is -0.410 e. The second-order valence-corrected chi connectivity index (χ2v) is 37.2. The van der Waals surface area contributed by atoms with E-state index in [1.54, 1.807) is 201 Å². The molecule has 0 aliphatic carbocycles. The molecule has 12 aromatic carbocycles. The predicted molar refractivity (Wildman–Crippen MR) is 515 cm³/mol. The summed E-state index contributed by atoms with van der Waals surface area (Å²) in [4.78, 5) is 65.9. The number of urea groups is 1. The zero-order chi connectivity index (χ0) is 97.2. The number of sulfonamides is 4. The lowest BCUT2D eigenvalue weighted by Crippen LogP contribution is -2.28. The summed E-state index contributed by atoms with van der Waals surface area (Å²) >= 11 is 34.0. The largest absolute Gasteiger partial charge is 0.417 e. The lowest BCUT2D eigenvalue weighted by atomic mass is 10.2. The summed E-state index contributed by atoms with van der Waals surface area (Å²) in [5, 5.41) is 30.4. The van der Waals surface area contributed by atoms with Crippen LogP contribution in [0.1, 0.15) is 21.5 Å². The van der Waals surface area contributed by atoms with Gasteiger partial charge in [0.15, 0.2) is 0 Å². The lowest BCUT2D eigenvalue weighted by molar-refractivity contribution is -0.385. The smallest absolute Gasteiger partial charge is 0.410 e. The molecule has 46 heteroatoms. The van der Waals surface area contributed by atoms with Crippen LogP contribution in [0.2, 0.25) is 25.1 Å². The van der Waals surface area contributed by atoms with Crippen LogP contribution in [0.4, 0.5) is 66.5 Å². The first-order valence-electron chi connectivity index (χ1n) is 37.5. The van der Waals surface area contributed by atoms with Gasteiger partial charge in [-0.05, 0) is 217 Å². The van der Waals surface area contributed by atoms with Gasteiger partial charge in [0.25, 0.3) is 60.5 Å². The second kappa shape index (κ2) is 52.9. The third-order valence-electron chi connectivity index (χ3n) is 16.3. The fourth-order valence-corrected chi connectivity index (χ4v) is 16.0. The second-order valence-electron chi connectivity index (χ2n) is 25.8. The van der Waals surface area contributed by atoms with Crippen LogP contribution in [-0.4, -0.2) is 80.0 Å². The van der Waals surface area contributed by atoms with Crippen LogP contribution in [0, 0.1) is 20.2 Å². The van der Waals surface area contributed by atoms with Gasteiger partial charge in [-0.15, -0.1) is 0 Å². The molecule has 0 radical (unpaired) electrons. The molecule has 0 fully saturated rings. The van der Waals surface area contributed by atoms with E-state index in [1.807, 2.05) is 24.3 Å². The minimum absolute atomic E-state index is 0.0318. The maximum atomic E-state index is 12.5. The Kier molecular flexibility index (Phi) is 42.3. The van der Waals surface area contributed by atoms with Crippen molar-refractivity contribution >= 4 is 205 Å². The molecule has 0 aliphatic rings. The maximum Gasteiger partial charge on any atom is 0.417 e. The standard InChI is InChI=1S/C19H17ClN4O3S.C19H15ClN2O4S.C12H9ClN2O4S.C12H11ClN2O2S.C7H5ClO3.C6H4ClNO4S.C6H6ClN.C6H8N2/c20-17-3-1-2-4-18(17)24-28(26,27)16-7-5-15(6-8-16)23-19(25)22-13-14-9-11-21-12-10-14;20-17-8-4-5-9-18(17)22-27(24,25)16-12-10-14(11-13-16)21-19(23)26-15-6-2-1-3-7-15;13-11-3-1-2-4-12(11)14-20(18,19)10-7-5-9(6-8-10)15(16)17;13-11-3-1-2-4-12(11)15-18(16,17)10-7-5-9(14)6-8-10;8-11-10-7(9)6-4-2-1-3-5-6;7-13(11,12)6-3-1-5(2-4-6)8(9)10;7-5-3-1-2-4-6(5)8;7-5-6-1-3-8-4-2-6/h1-12,24H,13H2,(H2,22,23,25);1-13,22H,(H,21,23);1-8,14H;1-8,15H,14H2;1-5H;1-4H;1-4H,8H2;1-4H,5,7H2. The Bertz CT molecular complexity index is 6780. The van der Waals surface area contributed by atoms with Crippen LogP contribution in [0.3, 0.4) is 0 Å². The SMILES string of the molecule is NCc1ccncc1.Nc1ccc(S(=O)(=O)Nc2ccccc2Cl)cc1.Nc1ccccc1Cl.O=C(NCc1ccncc1)Nc1ccc(S(=O)(=O)Nc2ccccc2Cl)cc1.O=C(Nc1ccc(S(=O)(=O)Nc2ccccc2Cl)cc1)Oc1ccccc1.O=C(OOCl)c1ccccc1.O=[N+]([O-])c1ccc(S(=O)(=O)Cl)cc1.O=[N+]([O-])c1ccc(S(=O)(=O)Nc2ccccc2Cl)cc1. The van der Waals surface area contributed by atoms with Crippen LogP contribution in [0.5, 0.6) is 5.75 Å². The zero-order valence-electron chi connectivity index (χ0n) is 68.3. The minimum atomic E-state index is -3.84. The molecule has 2 aromatic heterocycles. The fraction of sp³-hybridized carbons (Fsp3) is 0.0230. The quantitative estimate of drug-likeness (QED) is 0.00934. The summed E-state index contributed by atoms with van der Waals surface area (Å²) in [5.74, 6) is -0.210. The molecular formula is C87H75Cl7N14O20S5. The van der Waals surface area contributed by atoms with Gasteiger partial charge in [-0.2, -0.15) is 0 Å². The highest BCUT2D eigenvalue weighted by Crippen LogP contribution is 2.30. The van der Waals surface area contributed by atoms with E-state index in [0.717, 1.165) is 59.7 Å². The first-order chi connectivity index (χ1) is 63.3. The number of pyridine rings is 2. The van der Waals surface area contributed by atoms with E-state index in [4.69, 9.17) is 102 Å². The van der Waals surface area contributed by atoms with Gasteiger partial charge in [0.05, 0.1) is 93.4 Å². The van der Waals surface area contributed by atoms with Crippen molar-refractivity contribution < 1.29 is 80.4 Å². The number of non-ortho nitro benzene ring substituents is 2. The molecule has 0 spiro atoms. The number of carbonyl (C=O) groups excluding carboxylic acids is 3.